The average molecular weight is 238 g/mol. The minimum absolute atomic E-state index is 0.789. The van der Waals surface area contributed by atoms with E-state index in [0.29, 0.717) is 0 Å². The third-order valence-corrected chi connectivity index (χ3v) is 3.14. The summed E-state index contributed by atoms with van der Waals surface area (Å²) >= 11 is 7.54. The first-order valence-electron chi connectivity index (χ1n) is 4.81. The Morgan fingerprint density at radius 3 is 2.40 bits per heavy atom. The molecule has 0 aliphatic rings. The van der Waals surface area contributed by atoms with Crippen molar-refractivity contribution in [3.63, 3.8) is 0 Å². The van der Waals surface area contributed by atoms with Gasteiger partial charge in [0.25, 0.3) is 0 Å². The molecule has 0 radical (unpaired) electrons. The molecule has 0 amide bonds. The molecule has 2 rings (SSSR count). The van der Waals surface area contributed by atoms with Gasteiger partial charge < -0.3 is 5.32 Å². The molecule has 1 nitrogen and oxygen atoms in total. The highest BCUT2D eigenvalue weighted by atomic mass is 35.5. The summed E-state index contributed by atoms with van der Waals surface area (Å²) < 4.78 is 0. The van der Waals surface area contributed by atoms with Crippen molar-refractivity contribution < 1.29 is 0 Å². The molecule has 0 unspecified atom stereocenters. The number of halogens is 1. The first-order valence-corrected chi connectivity index (χ1v) is 6.13. The van der Waals surface area contributed by atoms with Gasteiger partial charge in [-0.25, -0.2) is 0 Å². The molecule has 1 N–H and O–H groups in total. The Balaban J connectivity index is 1.81. The van der Waals surface area contributed by atoms with Crippen LogP contribution in [0, 0.1) is 0 Å². The molecule has 1 heterocycles. The van der Waals surface area contributed by atoms with Gasteiger partial charge in [-0.05, 0) is 40.1 Å². The van der Waals surface area contributed by atoms with Gasteiger partial charge in [-0.2, -0.15) is 11.3 Å². The molecule has 1 aromatic carbocycles. The fraction of sp³-hybridized carbons (Fsp3) is 0.167. The van der Waals surface area contributed by atoms with Crippen LogP contribution < -0.4 is 5.32 Å². The van der Waals surface area contributed by atoms with E-state index in [0.717, 1.165) is 18.1 Å². The van der Waals surface area contributed by atoms with E-state index in [1.165, 1.54) is 11.1 Å². The van der Waals surface area contributed by atoms with E-state index in [1.54, 1.807) is 11.3 Å². The Morgan fingerprint density at radius 1 is 1.00 bits per heavy atom. The van der Waals surface area contributed by atoms with Crippen LogP contribution in [-0.2, 0) is 13.1 Å². The molecule has 0 atom stereocenters. The maximum atomic E-state index is 5.81. The molecular weight excluding hydrogens is 226 g/mol. The lowest BCUT2D eigenvalue weighted by Gasteiger charge is -2.03. The molecule has 0 spiro atoms. The van der Waals surface area contributed by atoms with Gasteiger partial charge in [0.1, 0.15) is 0 Å². The van der Waals surface area contributed by atoms with Crippen molar-refractivity contribution in [1.29, 1.82) is 0 Å². The molecule has 0 fully saturated rings. The zero-order valence-electron chi connectivity index (χ0n) is 8.24. The van der Waals surface area contributed by atoms with Gasteiger partial charge in [0.2, 0.25) is 0 Å². The monoisotopic (exact) mass is 237 g/mol. The molecule has 0 bridgehead atoms. The molecule has 0 saturated carbocycles. The number of thiophene rings is 1. The second-order valence-electron chi connectivity index (χ2n) is 3.36. The van der Waals surface area contributed by atoms with Crippen LogP contribution in [0.4, 0.5) is 0 Å². The zero-order valence-corrected chi connectivity index (χ0v) is 9.81. The van der Waals surface area contributed by atoms with Crippen LogP contribution in [-0.4, -0.2) is 0 Å². The third kappa shape index (κ3) is 3.34. The highest BCUT2D eigenvalue weighted by Crippen LogP contribution is 2.10. The first-order chi connectivity index (χ1) is 7.34. The molecule has 78 valence electrons. The van der Waals surface area contributed by atoms with E-state index in [1.807, 2.05) is 24.3 Å². The predicted molar refractivity (Wildman–Crippen MR) is 66.3 cm³/mol. The van der Waals surface area contributed by atoms with Crippen LogP contribution in [0.3, 0.4) is 0 Å². The van der Waals surface area contributed by atoms with Crippen LogP contribution in [0.25, 0.3) is 0 Å². The summed E-state index contributed by atoms with van der Waals surface area (Å²) in [6.07, 6.45) is 0. The second kappa shape index (κ2) is 5.31. The summed E-state index contributed by atoms with van der Waals surface area (Å²) in [7, 11) is 0. The van der Waals surface area contributed by atoms with Crippen molar-refractivity contribution in [2.45, 2.75) is 13.1 Å². The van der Waals surface area contributed by atoms with E-state index in [-0.39, 0.29) is 0 Å². The largest absolute Gasteiger partial charge is 0.309 e. The normalized spacial score (nSPS) is 10.5. The maximum Gasteiger partial charge on any atom is 0.0406 e. The molecule has 1 aromatic heterocycles. The minimum atomic E-state index is 0.789. The molecule has 15 heavy (non-hydrogen) atoms. The fourth-order valence-electron chi connectivity index (χ4n) is 1.35. The quantitative estimate of drug-likeness (QED) is 0.855. The van der Waals surface area contributed by atoms with Crippen molar-refractivity contribution in [2.75, 3.05) is 0 Å². The Kier molecular flexibility index (Phi) is 3.78. The lowest BCUT2D eigenvalue weighted by molar-refractivity contribution is 0.695. The van der Waals surface area contributed by atoms with Crippen LogP contribution >= 0.6 is 22.9 Å². The van der Waals surface area contributed by atoms with Gasteiger partial charge in [-0.3, -0.25) is 0 Å². The summed E-state index contributed by atoms with van der Waals surface area (Å²) in [6.45, 7) is 1.80. The van der Waals surface area contributed by atoms with Crippen LogP contribution in [0.2, 0.25) is 5.02 Å². The number of rotatable bonds is 4. The van der Waals surface area contributed by atoms with Gasteiger partial charge >= 0.3 is 0 Å². The van der Waals surface area contributed by atoms with Gasteiger partial charge in [0.15, 0.2) is 0 Å². The maximum absolute atomic E-state index is 5.81. The average Bonchev–Trinajstić information content (AvgIpc) is 2.74. The van der Waals surface area contributed by atoms with E-state index in [9.17, 15) is 0 Å². The Bertz CT molecular complexity index is 394. The van der Waals surface area contributed by atoms with E-state index in [4.69, 9.17) is 11.6 Å². The van der Waals surface area contributed by atoms with Gasteiger partial charge in [0.05, 0.1) is 0 Å². The van der Waals surface area contributed by atoms with Crippen molar-refractivity contribution in [3.8, 4) is 0 Å². The fourth-order valence-corrected chi connectivity index (χ4v) is 2.14. The van der Waals surface area contributed by atoms with Gasteiger partial charge in [-0.1, -0.05) is 23.7 Å². The number of benzene rings is 1. The zero-order chi connectivity index (χ0) is 10.5. The first kappa shape index (κ1) is 10.7. The topological polar surface area (TPSA) is 12.0 Å². The number of hydrogen-bond acceptors (Lipinski definition) is 2. The van der Waals surface area contributed by atoms with Crippen LogP contribution in [0.1, 0.15) is 11.1 Å². The Labute approximate surface area is 98.7 Å². The summed E-state index contributed by atoms with van der Waals surface area (Å²) in [5, 5.41) is 8.43. The summed E-state index contributed by atoms with van der Waals surface area (Å²) in [5.41, 5.74) is 2.60. The lowest BCUT2D eigenvalue weighted by atomic mass is 10.2. The SMILES string of the molecule is Clc1ccc(CNCc2ccsc2)cc1. The minimum Gasteiger partial charge on any atom is -0.309 e. The lowest BCUT2D eigenvalue weighted by Crippen LogP contribution is -2.11. The van der Waals surface area contributed by atoms with Crippen molar-refractivity contribution in [2.24, 2.45) is 0 Å². The summed E-state index contributed by atoms with van der Waals surface area (Å²) in [4.78, 5) is 0. The smallest absolute Gasteiger partial charge is 0.0406 e. The highest BCUT2D eigenvalue weighted by Gasteiger charge is 1.94. The van der Waals surface area contributed by atoms with Crippen molar-refractivity contribution in [3.05, 3.63) is 57.2 Å². The van der Waals surface area contributed by atoms with E-state index >= 15 is 0 Å². The van der Waals surface area contributed by atoms with Gasteiger partial charge in [0, 0.05) is 18.1 Å². The summed E-state index contributed by atoms with van der Waals surface area (Å²) in [6, 6.07) is 10.1. The van der Waals surface area contributed by atoms with E-state index < -0.39 is 0 Å². The molecule has 0 aliphatic carbocycles. The molecule has 0 aliphatic heterocycles. The molecular formula is C12H12ClNS. The number of hydrogen-bond donors (Lipinski definition) is 1. The third-order valence-electron chi connectivity index (χ3n) is 2.15. The predicted octanol–water partition coefficient (Wildman–Crippen LogP) is 3.69. The van der Waals surface area contributed by atoms with Crippen molar-refractivity contribution in [1.82, 2.24) is 5.32 Å². The molecule has 0 saturated heterocycles. The van der Waals surface area contributed by atoms with Gasteiger partial charge in [-0.15, -0.1) is 0 Å². The van der Waals surface area contributed by atoms with Crippen LogP contribution in [0.5, 0.6) is 0 Å². The number of nitrogens with one attached hydrogen (secondary N) is 1. The highest BCUT2D eigenvalue weighted by molar-refractivity contribution is 7.07. The van der Waals surface area contributed by atoms with Crippen molar-refractivity contribution >= 4 is 22.9 Å². The molecule has 3 heteroatoms. The second-order valence-corrected chi connectivity index (χ2v) is 4.58. The Morgan fingerprint density at radius 2 is 1.73 bits per heavy atom. The standard InChI is InChI=1S/C12H12ClNS/c13-12-3-1-10(2-4-12)7-14-8-11-5-6-15-9-11/h1-6,9,14H,7-8H2. The molecule has 2 aromatic rings. The Hall–Kier alpha value is -0.830. The van der Waals surface area contributed by atoms with E-state index in [2.05, 4.69) is 22.1 Å². The summed E-state index contributed by atoms with van der Waals surface area (Å²) in [5.74, 6) is 0. The van der Waals surface area contributed by atoms with Crippen LogP contribution in [0.15, 0.2) is 41.1 Å².